The van der Waals surface area contributed by atoms with Crippen molar-refractivity contribution < 1.29 is 13.2 Å². The molecule has 1 aliphatic rings. The van der Waals surface area contributed by atoms with Gasteiger partial charge in [-0.1, -0.05) is 54.1 Å². The summed E-state index contributed by atoms with van der Waals surface area (Å²) in [6, 6.07) is 20.5. The van der Waals surface area contributed by atoms with Crippen molar-refractivity contribution in [3.8, 4) is 0 Å². The lowest BCUT2D eigenvalue weighted by atomic mass is 10.1. The van der Waals surface area contributed by atoms with Crippen molar-refractivity contribution in [2.24, 2.45) is 0 Å². The summed E-state index contributed by atoms with van der Waals surface area (Å²) in [6.45, 7) is 2.87. The second kappa shape index (κ2) is 6.17. The van der Waals surface area contributed by atoms with Gasteiger partial charge in [0, 0.05) is 5.39 Å². The minimum Gasteiger partial charge on any atom is -0.371 e. The molecular weight excluding hydrogens is 334 g/mol. The third kappa shape index (κ3) is 3.13. The Kier molecular flexibility index (Phi) is 3.98. The molecule has 4 rings (SSSR count). The number of benzene rings is 3. The molecule has 0 saturated carbocycles. The van der Waals surface area contributed by atoms with Crippen molar-refractivity contribution in [2.75, 3.05) is 17.5 Å². The Balaban J connectivity index is 1.86. The van der Waals surface area contributed by atoms with Crippen LogP contribution in [-0.4, -0.2) is 27.7 Å². The third-order valence-electron chi connectivity index (χ3n) is 4.42. The summed E-state index contributed by atoms with van der Waals surface area (Å²) in [6.07, 6.45) is -0.0424. The molecule has 1 saturated heterocycles. The molecule has 0 unspecified atom stereocenters. The Labute approximate surface area is 147 Å². The van der Waals surface area contributed by atoms with Crippen molar-refractivity contribution in [1.82, 2.24) is 0 Å². The van der Waals surface area contributed by atoms with E-state index < -0.39 is 10.0 Å². The SMILES string of the molecule is Cc1ccc(S(=O)(=O)N(C[C@@H]2CO2)c2cccc3ccccc23)cc1. The number of aryl methyl sites for hydroxylation is 1. The Morgan fingerprint density at radius 2 is 1.68 bits per heavy atom. The van der Waals surface area contributed by atoms with E-state index in [0.717, 1.165) is 16.3 Å². The lowest BCUT2D eigenvalue weighted by Crippen LogP contribution is -2.34. The monoisotopic (exact) mass is 353 g/mol. The first-order valence-corrected chi connectivity index (χ1v) is 9.68. The number of sulfonamides is 1. The van der Waals surface area contributed by atoms with Crippen molar-refractivity contribution >= 4 is 26.5 Å². The van der Waals surface area contributed by atoms with Crippen molar-refractivity contribution in [1.29, 1.82) is 0 Å². The van der Waals surface area contributed by atoms with Crippen LogP contribution in [0.2, 0.25) is 0 Å². The van der Waals surface area contributed by atoms with E-state index in [1.54, 1.807) is 12.1 Å². The molecule has 3 aromatic rings. The maximum atomic E-state index is 13.3. The van der Waals surface area contributed by atoms with Crippen LogP contribution in [0, 0.1) is 6.92 Å². The molecule has 0 bridgehead atoms. The number of epoxide rings is 1. The molecule has 1 atom stereocenters. The van der Waals surface area contributed by atoms with Gasteiger partial charge >= 0.3 is 0 Å². The largest absolute Gasteiger partial charge is 0.371 e. The van der Waals surface area contributed by atoms with E-state index >= 15 is 0 Å². The van der Waals surface area contributed by atoms with E-state index in [1.807, 2.05) is 61.5 Å². The molecule has 1 aliphatic heterocycles. The van der Waals surface area contributed by atoms with E-state index in [9.17, 15) is 8.42 Å². The number of hydrogen-bond acceptors (Lipinski definition) is 3. The van der Waals surface area contributed by atoms with Gasteiger partial charge in [-0.05, 0) is 30.5 Å². The summed E-state index contributed by atoms with van der Waals surface area (Å²) in [4.78, 5) is 0.298. The number of anilines is 1. The van der Waals surface area contributed by atoms with E-state index in [-0.39, 0.29) is 6.10 Å². The number of nitrogens with zero attached hydrogens (tertiary/aromatic N) is 1. The lowest BCUT2D eigenvalue weighted by molar-refractivity contribution is 0.412. The molecule has 0 aliphatic carbocycles. The third-order valence-corrected chi connectivity index (χ3v) is 6.21. The normalized spacial score (nSPS) is 16.8. The van der Waals surface area contributed by atoms with Crippen molar-refractivity contribution in [3.63, 3.8) is 0 Å². The second-order valence-corrected chi connectivity index (χ2v) is 8.17. The van der Waals surface area contributed by atoms with E-state index in [1.165, 1.54) is 4.31 Å². The minimum atomic E-state index is -3.66. The van der Waals surface area contributed by atoms with Gasteiger partial charge in [0.25, 0.3) is 10.0 Å². The second-order valence-electron chi connectivity index (χ2n) is 6.30. The average molecular weight is 353 g/mol. The van der Waals surface area contributed by atoms with Crippen LogP contribution < -0.4 is 4.31 Å². The first kappa shape index (κ1) is 16.1. The molecule has 4 nitrogen and oxygen atoms in total. The zero-order chi connectivity index (χ0) is 17.4. The predicted octanol–water partition coefficient (Wildman–Crippen LogP) is 3.74. The predicted molar refractivity (Wildman–Crippen MR) is 99.4 cm³/mol. The van der Waals surface area contributed by atoms with Crippen LogP contribution in [0.1, 0.15) is 5.56 Å². The fourth-order valence-electron chi connectivity index (χ4n) is 2.95. The van der Waals surface area contributed by atoms with Crippen LogP contribution in [0.15, 0.2) is 71.6 Å². The molecular formula is C20H19NO3S. The quantitative estimate of drug-likeness (QED) is 0.657. The molecule has 3 aromatic carbocycles. The van der Waals surface area contributed by atoms with Crippen LogP contribution >= 0.6 is 0 Å². The zero-order valence-electron chi connectivity index (χ0n) is 13.9. The van der Waals surface area contributed by atoms with Crippen molar-refractivity contribution in [3.05, 3.63) is 72.3 Å². The number of hydrogen-bond donors (Lipinski definition) is 0. The number of ether oxygens (including phenoxy) is 1. The van der Waals surface area contributed by atoms with E-state index in [4.69, 9.17) is 4.74 Å². The van der Waals surface area contributed by atoms with Crippen molar-refractivity contribution in [2.45, 2.75) is 17.9 Å². The Morgan fingerprint density at radius 1 is 1.00 bits per heavy atom. The first-order valence-electron chi connectivity index (χ1n) is 8.24. The Hall–Kier alpha value is -2.37. The van der Waals surface area contributed by atoms with Crippen LogP contribution in [0.4, 0.5) is 5.69 Å². The highest BCUT2D eigenvalue weighted by Gasteiger charge is 2.33. The molecule has 0 spiro atoms. The van der Waals surface area contributed by atoms with Gasteiger partial charge in [0.05, 0.1) is 29.8 Å². The molecule has 1 heterocycles. The van der Waals surface area contributed by atoms with Gasteiger partial charge in [0.2, 0.25) is 0 Å². The van der Waals surface area contributed by atoms with Gasteiger partial charge < -0.3 is 4.74 Å². The maximum absolute atomic E-state index is 13.3. The van der Waals surface area contributed by atoms with Gasteiger partial charge in [-0.2, -0.15) is 0 Å². The number of fused-ring (bicyclic) bond motifs is 1. The van der Waals surface area contributed by atoms with E-state index in [2.05, 4.69) is 0 Å². The smallest absolute Gasteiger partial charge is 0.264 e. The molecule has 0 aromatic heterocycles. The standard InChI is InChI=1S/C20H19NO3S/c1-15-9-11-18(12-10-15)25(22,23)21(13-17-14-24-17)20-8-4-6-16-5-2-3-7-19(16)20/h2-12,17H,13-14H2,1H3/t17-/m1/s1. The Morgan fingerprint density at radius 3 is 2.40 bits per heavy atom. The highest BCUT2D eigenvalue weighted by atomic mass is 32.2. The van der Waals surface area contributed by atoms with Gasteiger partial charge in [-0.25, -0.2) is 8.42 Å². The summed E-state index contributed by atoms with van der Waals surface area (Å²) in [5, 5.41) is 1.93. The summed E-state index contributed by atoms with van der Waals surface area (Å²) in [7, 11) is -3.66. The summed E-state index contributed by atoms with van der Waals surface area (Å²) in [5.74, 6) is 0. The lowest BCUT2D eigenvalue weighted by Gasteiger charge is -2.25. The van der Waals surface area contributed by atoms with Crippen LogP contribution in [-0.2, 0) is 14.8 Å². The highest BCUT2D eigenvalue weighted by molar-refractivity contribution is 7.92. The fraction of sp³-hybridized carbons (Fsp3) is 0.200. The Bertz CT molecular complexity index is 1000. The van der Waals surface area contributed by atoms with Gasteiger partial charge in [0.15, 0.2) is 0 Å². The maximum Gasteiger partial charge on any atom is 0.264 e. The molecule has 25 heavy (non-hydrogen) atoms. The van der Waals surface area contributed by atoms with Gasteiger partial charge in [-0.15, -0.1) is 0 Å². The molecule has 0 amide bonds. The molecule has 0 N–H and O–H groups in total. The molecule has 5 heteroatoms. The van der Waals surface area contributed by atoms with Crippen LogP contribution in [0.25, 0.3) is 10.8 Å². The minimum absolute atomic E-state index is 0.0424. The van der Waals surface area contributed by atoms with Gasteiger partial charge in [-0.3, -0.25) is 4.31 Å². The van der Waals surface area contributed by atoms with Gasteiger partial charge in [0.1, 0.15) is 0 Å². The molecule has 128 valence electrons. The van der Waals surface area contributed by atoms with Crippen LogP contribution in [0.3, 0.4) is 0 Å². The van der Waals surface area contributed by atoms with E-state index in [0.29, 0.717) is 23.7 Å². The summed E-state index contributed by atoms with van der Waals surface area (Å²) < 4.78 is 33.4. The molecule has 1 fully saturated rings. The number of rotatable bonds is 5. The first-order chi connectivity index (χ1) is 12.1. The average Bonchev–Trinajstić information content (AvgIpc) is 3.44. The molecule has 0 radical (unpaired) electrons. The zero-order valence-corrected chi connectivity index (χ0v) is 14.7. The topological polar surface area (TPSA) is 49.9 Å². The van der Waals surface area contributed by atoms with Crippen LogP contribution in [0.5, 0.6) is 0 Å². The summed E-state index contributed by atoms with van der Waals surface area (Å²) in [5.41, 5.74) is 1.72. The fourth-order valence-corrected chi connectivity index (χ4v) is 4.46. The summed E-state index contributed by atoms with van der Waals surface area (Å²) >= 11 is 0. The highest BCUT2D eigenvalue weighted by Crippen LogP contribution is 2.32.